The van der Waals surface area contributed by atoms with Gasteiger partial charge in [-0.2, -0.15) is 9.50 Å². The highest BCUT2D eigenvalue weighted by Gasteiger charge is 2.25. The number of likely N-dealkylation sites (N-methyl/N-ethyl adjacent to an activating group) is 1. The Labute approximate surface area is 149 Å². The first-order valence-electron chi connectivity index (χ1n) is 8.93. The van der Waals surface area contributed by atoms with Crippen LogP contribution in [0.3, 0.4) is 0 Å². The lowest BCUT2D eigenvalue weighted by molar-refractivity contribution is 0.120. The molecule has 25 heavy (non-hydrogen) atoms. The molecule has 8 nitrogen and oxygen atoms in total. The minimum absolute atomic E-state index is 0.272. The molecule has 0 saturated carbocycles. The molecule has 3 aromatic rings. The topological polar surface area (TPSA) is 80.5 Å². The number of ether oxygens (including phenoxy) is 1. The van der Waals surface area contributed by atoms with E-state index in [-0.39, 0.29) is 6.10 Å². The van der Waals surface area contributed by atoms with Crippen LogP contribution in [-0.4, -0.2) is 62.3 Å². The zero-order valence-electron chi connectivity index (χ0n) is 14.2. The number of hydrogen-bond donors (Lipinski definition) is 1. The average molecular weight is 359 g/mol. The van der Waals surface area contributed by atoms with Gasteiger partial charge in [0.05, 0.1) is 11.5 Å². The molecule has 2 aliphatic heterocycles. The number of rotatable bonds is 4. The lowest BCUT2D eigenvalue weighted by Crippen LogP contribution is -2.29. The van der Waals surface area contributed by atoms with Crippen LogP contribution in [-0.2, 0) is 17.7 Å². The van der Waals surface area contributed by atoms with Gasteiger partial charge in [0.1, 0.15) is 10.6 Å². The first-order valence-corrected chi connectivity index (χ1v) is 9.75. The molecule has 0 spiro atoms. The average Bonchev–Trinajstić information content (AvgIpc) is 3.36. The fourth-order valence-corrected chi connectivity index (χ4v) is 5.12. The molecule has 1 atom stereocenters. The molecule has 132 valence electrons. The number of aromatic nitrogens is 5. The Bertz CT molecular complexity index is 914. The van der Waals surface area contributed by atoms with Gasteiger partial charge in [0, 0.05) is 31.1 Å². The van der Waals surface area contributed by atoms with Crippen molar-refractivity contribution in [3.8, 4) is 0 Å². The van der Waals surface area contributed by atoms with Gasteiger partial charge in [-0.1, -0.05) is 12.0 Å². The number of tetrazole rings is 1. The van der Waals surface area contributed by atoms with Crippen molar-refractivity contribution in [2.24, 2.45) is 0 Å². The molecule has 0 radical (unpaired) electrons. The predicted octanol–water partition coefficient (Wildman–Crippen LogP) is 1.70. The van der Waals surface area contributed by atoms with Crippen molar-refractivity contribution < 1.29 is 4.74 Å². The van der Waals surface area contributed by atoms with E-state index in [1.54, 1.807) is 15.9 Å². The molecule has 1 N–H and O–H groups in total. The van der Waals surface area contributed by atoms with Crippen LogP contribution in [0.1, 0.15) is 30.2 Å². The summed E-state index contributed by atoms with van der Waals surface area (Å²) in [6, 6.07) is 0. The molecule has 1 saturated heterocycles. The molecule has 5 rings (SSSR count). The van der Waals surface area contributed by atoms with Gasteiger partial charge in [-0.15, -0.1) is 11.3 Å². The highest BCUT2D eigenvalue weighted by Crippen LogP contribution is 2.38. The van der Waals surface area contributed by atoms with Crippen molar-refractivity contribution >= 4 is 33.1 Å². The molecule has 0 aromatic carbocycles. The summed E-state index contributed by atoms with van der Waals surface area (Å²) in [5, 5.41) is 16.7. The van der Waals surface area contributed by atoms with Crippen LogP contribution in [0.2, 0.25) is 0 Å². The number of thiophene rings is 1. The first-order chi connectivity index (χ1) is 12.3. The third-order valence-electron chi connectivity index (χ3n) is 5.18. The van der Waals surface area contributed by atoms with Gasteiger partial charge in [-0.05, 0) is 41.8 Å². The minimum atomic E-state index is 0.272. The van der Waals surface area contributed by atoms with E-state index in [1.807, 2.05) is 0 Å². The summed E-state index contributed by atoms with van der Waals surface area (Å²) in [6.45, 7) is 7.03. The molecule has 3 aromatic heterocycles. The summed E-state index contributed by atoms with van der Waals surface area (Å²) in [7, 11) is 0. The lowest BCUT2D eigenvalue weighted by atomic mass is 10.0. The van der Waals surface area contributed by atoms with Crippen molar-refractivity contribution in [2.45, 2.75) is 38.8 Å². The van der Waals surface area contributed by atoms with Crippen molar-refractivity contribution in [3.63, 3.8) is 0 Å². The van der Waals surface area contributed by atoms with Crippen molar-refractivity contribution in [1.29, 1.82) is 0 Å². The van der Waals surface area contributed by atoms with E-state index >= 15 is 0 Å². The monoisotopic (exact) mass is 359 g/mol. The Balaban J connectivity index is 1.60. The van der Waals surface area contributed by atoms with Gasteiger partial charge in [0.2, 0.25) is 0 Å². The molecule has 0 amide bonds. The summed E-state index contributed by atoms with van der Waals surface area (Å²) in [5.74, 6) is 1.45. The van der Waals surface area contributed by atoms with E-state index in [0.29, 0.717) is 5.78 Å². The molecule has 9 heteroatoms. The van der Waals surface area contributed by atoms with E-state index in [4.69, 9.17) is 9.72 Å². The second kappa shape index (κ2) is 6.15. The highest BCUT2D eigenvalue weighted by molar-refractivity contribution is 7.19. The number of anilines is 1. The van der Waals surface area contributed by atoms with E-state index in [2.05, 4.69) is 32.7 Å². The molecule has 5 heterocycles. The van der Waals surface area contributed by atoms with Gasteiger partial charge in [-0.3, -0.25) is 4.90 Å². The van der Waals surface area contributed by atoms with Crippen LogP contribution >= 0.6 is 11.3 Å². The molecular formula is C16H21N7OS. The standard InChI is InChI=1S/C16H21N7OS/c1-2-22-6-5-11-12(9-22)25-15-13(11)14(17-8-10-4-3-7-24-10)18-16-19-20-21-23(15)16/h10H,2-9H2,1H3,(H,17,18,19,21). The highest BCUT2D eigenvalue weighted by atomic mass is 32.1. The zero-order valence-corrected chi connectivity index (χ0v) is 15.1. The minimum Gasteiger partial charge on any atom is -0.376 e. The molecular weight excluding hydrogens is 338 g/mol. The first kappa shape index (κ1) is 15.4. The Morgan fingerprint density at radius 1 is 1.40 bits per heavy atom. The number of nitrogens with one attached hydrogen (secondary N) is 1. The van der Waals surface area contributed by atoms with Gasteiger partial charge in [0.25, 0.3) is 5.78 Å². The fourth-order valence-electron chi connectivity index (χ4n) is 3.79. The summed E-state index contributed by atoms with van der Waals surface area (Å²) < 4.78 is 7.51. The van der Waals surface area contributed by atoms with Crippen molar-refractivity contribution in [1.82, 2.24) is 29.9 Å². The molecule has 0 bridgehead atoms. The van der Waals surface area contributed by atoms with E-state index in [9.17, 15) is 0 Å². The third kappa shape index (κ3) is 2.57. The zero-order chi connectivity index (χ0) is 16.8. The Hall–Kier alpha value is -1.84. The van der Waals surface area contributed by atoms with Crippen molar-refractivity contribution in [2.75, 3.05) is 31.6 Å². The maximum atomic E-state index is 5.74. The number of nitrogens with zero attached hydrogens (tertiary/aromatic N) is 6. The second-order valence-electron chi connectivity index (χ2n) is 6.67. The predicted molar refractivity (Wildman–Crippen MR) is 96.1 cm³/mol. The van der Waals surface area contributed by atoms with Gasteiger partial charge >= 0.3 is 0 Å². The largest absolute Gasteiger partial charge is 0.376 e. The molecule has 2 aliphatic rings. The van der Waals surface area contributed by atoms with Crippen LogP contribution in [0.5, 0.6) is 0 Å². The van der Waals surface area contributed by atoms with Gasteiger partial charge in [0.15, 0.2) is 0 Å². The molecule has 1 fully saturated rings. The molecule has 0 aliphatic carbocycles. The van der Waals surface area contributed by atoms with E-state index in [1.165, 1.54) is 15.8 Å². The third-order valence-corrected chi connectivity index (χ3v) is 6.37. The maximum Gasteiger partial charge on any atom is 0.276 e. The smallest absolute Gasteiger partial charge is 0.276 e. The lowest BCUT2D eigenvalue weighted by Gasteiger charge is -2.25. The summed E-state index contributed by atoms with van der Waals surface area (Å²) in [4.78, 5) is 9.67. The van der Waals surface area contributed by atoms with Crippen LogP contribution in [0, 0.1) is 0 Å². The van der Waals surface area contributed by atoms with Crippen LogP contribution in [0.4, 0.5) is 5.82 Å². The quantitative estimate of drug-likeness (QED) is 0.759. The Morgan fingerprint density at radius 2 is 2.36 bits per heavy atom. The SMILES string of the molecule is CCN1CCc2c(sc3c2c(NCC2CCCO2)nc2nnnn23)C1. The van der Waals surface area contributed by atoms with Crippen molar-refractivity contribution in [3.05, 3.63) is 10.4 Å². The summed E-state index contributed by atoms with van der Waals surface area (Å²) >= 11 is 1.79. The van der Waals surface area contributed by atoms with Crippen LogP contribution in [0.25, 0.3) is 16.0 Å². The normalized spacial score (nSPS) is 21.2. The summed E-state index contributed by atoms with van der Waals surface area (Å²) in [6.07, 6.45) is 3.57. The van der Waals surface area contributed by atoms with Gasteiger partial charge < -0.3 is 10.1 Å². The van der Waals surface area contributed by atoms with E-state index in [0.717, 1.165) is 62.7 Å². The Kier molecular flexibility index (Phi) is 3.79. The number of fused-ring (bicyclic) bond motifs is 5. The van der Waals surface area contributed by atoms with E-state index < -0.39 is 0 Å². The Morgan fingerprint density at radius 3 is 3.20 bits per heavy atom. The number of hydrogen-bond acceptors (Lipinski definition) is 8. The maximum absolute atomic E-state index is 5.74. The second-order valence-corrected chi connectivity index (χ2v) is 7.75. The van der Waals surface area contributed by atoms with Crippen LogP contribution < -0.4 is 5.32 Å². The van der Waals surface area contributed by atoms with Crippen LogP contribution in [0.15, 0.2) is 0 Å². The van der Waals surface area contributed by atoms with Gasteiger partial charge in [-0.25, -0.2) is 0 Å². The molecule has 1 unspecified atom stereocenters. The summed E-state index contributed by atoms with van der Waals surface area (Å²) in [5.41, 5.74) is 1.41. The fraction of sp³-hybridized carbons (Fsp3) is 0.625.